The number of hydrogen-bond acceptors (Lipinski definition) is 5. The topological polar surface area (TPSA) is 112 Å². The zero-order chi connectivity index (χ0) is 21.5. The highest BCUT2D eigenvalue weighted by molar-refractivity contribution is 5.84. The number of rotatable bonds is 5. The lowest BCUT2D eigenvalue weighted by atomic mass is 9.93. The molecule has 3 rings (SSSR count). The summed E-state index contributed by atoms with van der Waals surface area (Å²) in [6, 6.07) is 15.4. The lowest BCUT2D eigenvalue weighted by Crippen LogP contribution is -2.45. The summed E-state index contributed by atoms with van der Waals surface area (Å²) in [4.78, 5) is 37.8. The molecule has 0 aliphatic carbocycles. The summed E-state index contributed by atoms with van der Waals surface area (Å²) >= 11 is 0. The summed E-state index contributed by atoms with van der Waals surface area (Å²) in [6.45, 7) is 1.13. The number of nitriles is 1. The predicted molar refractivity (Wildman–Crippen MR) is 108 cm³/mol. The molecule has 2 aromatic carbocycles. The van der Waals surface area contributed by atoms with Gasteiger partial charge in [-0.25, -0.2) is 0 Å². The van der Waals surface area contributed by atoms with Crippen molar-refractivity contribution < 1.29 is 19.1 Å². The average molecular weight is 404 g/mol. The van der Waals surface area contributed by atoms with Gasteiger partial charge in [0, 0.05) is 13.1 Å². The van der Waals surface area contributed by atoms with Gasteiger partial charge in [0.25, 0.3) is 5.91 Å². The molecule has 1 aliphatic rings. The first-order chi connectivity index (χ1) is 14.5. The SMILES string of the molecule is CC(=O)N1C=Cc2ccccc2[C@H]1CC(=O)NNC(=O)COc1ccc(C#N)cc1. The average Bonchev–Trinajstić information content (AvgIpc) is 2.76. The van der Waals surface area contributed by atoms with Gasteiger partial charge in [-0.15, -0.1) is 0 Å². The normalized spacial score (nSPS) is 14.3. The number of fused-ring (bicyclic) bond motifs is 1. The van der Waals surface area contributed by atoms with Crippen LogP contribution in [0.4, 0.5) is 0 Å². The highest BCUT2D eigenvalue weighted by atomic mass is 16.5. The summed E-state index contributed by atoms with van der Waals surface area (Å²) in [5.74, 6) is -0.736. The van der Waals surface area contributed by atoms with Crippen molar-refractivity contribution in [2.45, 2.75) is 19.4 Å². The zero-order valence-corrected chi connectivity index (χ0v) is 16.3. The third-order valence-corrected chi connectivity index (χ3v) is 4.54. The van der Waals surface area contributed by atoms with Gasteiger partial charge >= 0.3 is 0 Å². The fourth-order valence-corrected chi connectivity index (χ4v) is 3.09. The third-order valence-electron chi connectivity index (χ3n) is 4.54. The Morgan fingerprint density at radius 3 is 2.47 bits per heavy atom. The van der Waals surface area contributed by atoms with Crippen LogP contribution in [0.15, 0.2) is 54.7 Å². The summed E-state index contributed by atoms with van der Waals surface area (Å²) in [5.41, 5.74) is 6.93. The monoisotopic (exact) mass is 404 g/mol. The van der Waals surface area contributed by atoms with Crippen molar-refractivity contribution in [3.63, 3.8) is 0 Å². The van der Waals surface area contributed by atoms with E-state index >= 15 is 0 Å². The summed E-state index contributed by atoms with van der Waals surface area (Å²) in [6.07, 6.45) is 3.47. The Hall–Kier alpha value is -4.12. The molecule has 152 valence electrons. The maximum atomic E-state index is 12.4. The van der Waals surface area contributed by atoms with E-state index in [9.17, 15) is 14.4 Å². The van der Waals surface area contributed by atoms with Crippen molar-refractivity contribution in [3.8, 4) is 11.8 Å². The van der Waals surface area contributed by atoms with Crippen LogP contribution >= 0.6 is 0 Å². The molecule has 0 saturated heterocycles. The van der Waals surface area contributed by atoms with Crippen molar-refractivity contribution in [2.75, 3.05) is 6.61 Å². The minimum atomic E-state index is -0.542. The second kappa shape index (κ2) is 9.39. The van der Waals surface area contributed by atoms with Gasteiger partial charge in [-0.2, -0.15) is 5.26 Å². The minimum absolute atomic E-state index is 0.0162. The van der Waals surface area contributed by atoms with Crippen molar-refractivity contribution >= 4 is 23.8 Å². The van der Waals surface area contributed by atoms with Gasteiger partial charge in [0.05, 0.1) is 24.1 Å². The van der Waals surface area contributed by atoms with Crippen LogP contribution < -0.4 is 15.6 Å². The Bertz CT molecular complexity index is 1020. The van der Waals surface area contributed by atoms with E-state index in [0.29, 0.717) is 11.3 Å². The Morgan fingerprint density at radius 1 is 1.07 bits per heavy atom. The van der Waals surface area contributed by atoms with Gasteiger partial charge in [0.15, 0.2) is 6.61 Å². The van der Waals surface area contributed by atoms with Crippen LogP contribution in [0.25, 0.3) is 6.08 Å². The molecule has 2 aromatic rings. The Morgan fingerprint density at radius 2 is 1.77 bits per heavy atom. The van der Waals surface area contributed by atoms with Crippen molar-refractivity contribution in [1.29, 1.82) is 5.26 Å². The molecule has 0 unspecified atom stereocenters. The number of amides is 3. The van der Waals surface area contributed by atoms with Gasteiger partial charge in [-0.1, -0.05) is 24.3 Å². The maximum absolute atomic E-state index is 12.4. The lowest BCUT2D eigenvalue weighted by molar-refractivity contribution is -0.132. The molecule has 30 heavy (non-hydrogen) atoms. The van der Waals surface area contributed by atoms with E-state index in [1.807, 2.05) is 36.4 Å². The fourth-order valence-electron chi connectivity index (χ4n) is 3.09. The Labute approximate surface area is 173 Å². The molecule has 1 atom stereocenters. The maximum Gasteiger partial charge on any atom is 0.276 e. The van der Waals surface area contributed by atoms with Crippen LogP contribution in [-0.4, -0.2) is 29.2 Å². The molecular formula is C22H20N4O4. The number of nitrogens with one attached hydrogen (secondary N) is 2. The van der Waals surface area contributed by atoms with E-state index in [2.05, 4.69) is 10.9 Å². The van der Waals surface area contributed by atoms with Gasteiger partial charge in [-0.3, -0.25) is 25.2 Å². The van der Waals surface area contributed by atoms with Crippen LogP contribution in [-0.2, 0) is 14.4 Å². The van der Waals surface area contributed by atoms with Gasteiger partial charge in [-0.05, 0) is 41.5 Å². The van der Waals surface area contributed by atoms with Crippen LogP contribution in [0.5, 0.6) is 5.75 Å². The number of carbonyl (C=O) groups is 3. The van der Waals surface area contributed by atoms with Crippen LogP contribution in [0.3, 0.4) is 0 Å². The van der Waals surface area contributed by atoms with E-state index in [1.165, 1.54) is 11.8 Å². The smallest absolute Gasteiger partial charge is 0.276 e. The molecular weight excluding hydrogens is 384 g/mol. The molecule has 8 nitrogen and oxygen atoms in total. The summed E-state index contributed by atoms with van der Waals surface area (Å²) in [7, 11) is 0. The van der Waals surface area contributed by atoms with Gasteiger partial charge < -0.3 is 9.64 Å². The molecule has 0 bridgehead atoms. The second-order valence-corrected chi connectivity index (χ2v) is 6.61. The van der Waals surface area contributed by atoms with Gasteiger partial charge in [0.1, 0.15) is 5.75 Å². The van der Waals surface area contributed by atoms with Crippen molar-refractivity contribution in [1.82, 2.24) is 15.8 Å². The Kier molecular flexibility index (Phi) is 6.45. The van der Waals surface area contributed by atoms with Crippen molar-refractivity contribution in [2.24, 2.45) is 0 Å². The number of carbonyl (C=O) groups excluding carboxylic acids is 3. The molecule has 1 aliphatic heterocycles. The van der Waals surface area contributed by atoms with Gasteiger partial charge in [0.2, 0.25) is 11.8 Å². The predicted octanol–water partition coefficient (Wildman–Crippen LogP) is 2.05. The molecule has 0 saturated carbocycles. The summed E-state index contributed by atoms with van der Waals surface area (Å²) in [5, 5.41) is 8.77. The zero-order valence-electron chi connectivity index (χ0n) is 16.3. The molecule has 0 radical (unpaired) electrons. The summed E-state index contributed by atoms with van der Waals surface area (Å²) < 4.78 is 5.31. The van der Waals surface area contributed by atoms with Crippen LogP contribution in [0.2, 0.25) is 0 Å². The number of hydrogen-bond donors (Lipinski definition) is 2. The molecule has 1 heterocycles. The van der Waals surface area contributed by atoms with E-state index < -0.39 is 17.9 Å². The molecule has 3 amide bonds. The molecule has 0 aromatic heterocycles. The minimum Gasteiger partial charge on any atom is -0.484 e. The van der Waals surface area contributed by atoms with Crippen molar-refractivity contribution in [3.05, 3.63) is 71.4 Å². The van der Waals surface area contributed by atoms with E-state index in [0.717, 1.165) is 11.1 Å². The first-order valence-electron chi connectivity index (χ1n) is 9.24. The number of benzene rings is 2. The van der Waals surface area contributed by atoms with E-state index in [-0.39, 0.29) is 18.9 Å². The number of hydrazine groups is 1. The Balaban J connectivity index is 1.53. The quantitative estimate of drug-likeness (QED) is 0.741. The van der Waals surface area contributed by atoms with E-state index in [4.69, 9.17) is 10.00 Å². The lowest BCUT2D eigenvalue weighted by Gasteiger charge is -2.32. The van der Waals surface area contributed by atoms with Crippen LogP contribution in [0.1, 0.15) is 36.1 Å². The number of ether oxygens (including phenoxy) is 1. The highest BCUT2D eigenvalue weighted by Crippen LogP contribution is 2.32. The molecule has 0 spiro atoms. The molecule has 8 heteroatoms. The standard InChI is InChI=1S/C22H20N4O4/c1-15(27)26-11-10-17-4-2-3-5-19(17)20(26)12-21(28)24-25-22(29)14-30-18-8-6-16(13-23)7-9-18/h2-11,20H,12,14H2,1H3,(H,24,28)(H,25,29)/t20-/m1/s1. The first-order valence-corrected chi connectivity index (χ1v) is 9.24. The third kappa shape index (κ3) is 5.02. The largest absolute Gasteiger partial charge is 0.484 e. The molecule has 0 fully saturated rings. The fraction of sp³-hybridized carbons (Fsp3) is 0.182. The van der Waals surface area contributed by atoms with E-state index in [1.54, 1.807) is 30.5 Å². The first kappa shape index (κ1) is 20.6. The molecule has 2 N–H and O–H groups in total. The second-order valence-electron chi connectivity index (χ2n) is 6.61. The number of nitrogens with zero attached hydrogens (tertiary/aromatic N) is 2. The van der Waals surface area contributed by atoms with Crippen LogP contribution in [0, 0.1) is 11.3 Å². The highest BCUT2D eigenvalue weighted by Gasteiger charge is 2.28.